The van der Waals surface area contributed by atoms with Crippen LogP contribution in [0, 0.1) is 5.92 Å². The van der Waals surface area contributed by atoms with E-state index in [-0.39, 0.29) is 18.3 Å². The lowest BCUT2D eigenvalue weighted by Crippen LogP contribution is -2.38. The second-order valence-corrected chi connectivity index (χ2v) is 8.89. The summed E-state index contributed by atoms with van der Waals surface area (Å²) in [5.74, 6) is 1.28. The van der Waals surface area contributed by atoms with Gasteiger partial charge in [0, 0.05) is 13.0 Å². The van der Waals surface area contributed by atoms with Crippen molar-refractivity contribution in [3.05, 3.63) is 35.9 Å². The number of rotatable bonds is 13. The molecule has 0 bridgehead atoms. The Hall–Kier alpha value is -2.54. The minimum Gasteiger partial charge on any atom is -0.493 e. The molecule has 0 heterocycles. The molecule has 0 radical (unpaired) electrons. The summed E-state index contributed by atoms with van der Waals surface area (Å²) >= 11 is 0. The van der Waals surface area contributed by atoms with Crippen LogP contribution >= 0.6 is 0 Å². The van der Waals surface area contributed by atoms with Gasteiger partial charge in [0.15, 0.2) is 11.5 Å². The zero-order valence-corrected chi connectivity index (χ0v) is 19.9. The molecule has 0 aliphatic carbocycles. The van der Waals surface area contributed by atoms with Gasteiger partial charge in [-0.1, -0.05) is 32.1 Å². The number of methoxy groups -OCH3 is 1. The first-order valence-corrected chi connectivity index (χ1v) is 10.9. The van der Waals surface area contributed by atoms with Gasteiger partial charge in [-0.2, -0.15) is 0 Å². The van der Waals surface area contributed by atoms with Crippen LogP contribution in [0.15, 0.2) is 30.4 Å². The minimum atomic E-state index is -0.768. The largest absolute Gasteiger partial charge is 0.514 e. The fourth-order valence-corrected chi connectivity index (χ4v) is 2.63. The van der Waals surface area contributed by atoms with E-state index >= 15 is 0 Å². The highest BCUT2D eigenvalue weighted by Gasteiger charge is 2.14. The number of likely N-dealkylation sites (N-methyl/N-ethyl adjacent to an activating group) is 1. The van der Waals surface area contributed by atoms with E-state index in [2.05, 4.69) is 31.3 Å². The molecular weight excluding hydrogens is 396 g/mol. The maximum atomic E-state index is 12.0. The predicted molar refractivity (Wildman–Crippen MR) is 122 cm³/mol. The number of benzene rings is 1. The van der Waals surface area contributed by atoms with Crippen LogP contribution in [0.5, 0.6) is 11.5 Å². The van der Waals surface area contributed by atoms with E-state index in [4.69, 9.17) is 14.2 Å². The second kappa shape index (κ2) is 13.7. The van der Waals surface area contributed by atoms with Crippen LogP contribution < -0.4 is 14.8 Å². The normalized spacial score (nSPS) is 11.6. The first-order chi connectivity index (χ1) is 14.6. The molecule has 0 unspecified atom stereocenters. The number of quaternary nitrogens is 1. The molecule has 0 spiro atoms. The number of ether oxygens (including phenoxy) is 3. The molecule has 1 rings (SSSR count). The van der Waals surface area contributed by atoms with Gasteiger partial charge in [0.1, 0.15) is 13.2 Å². The second-order valence-electron chi connectivity index (χ2n) is 8.89. The van der Waals surface area contributed by atoms with Crippen molar-refractivity contribution in [1.82, 2.24) is 5.32 Å². The number of allylic oxidation sites excluding steroid dienone is 2. The molecule has 7 heteroatoms. The topological polar surface area (TPSA) is 73.9 Å². The van der Waals surface area contributed by atoms with E-state index in [0.717, 1.165) is 24.8 Å². The predicted octanol–water partition coefficient (Wildman–Crippen LogP) is 4.31. The molecule has 0 aliphatic rings. The number of carbonyl (C=O) groups is 2. The summed E-state index contributed by atoms with van der Waals surface area (Å²) < 4.78 is 16.4. The van der Waals surface area contributed by atoms with E-state index < -0.39 is 6.16 Å². The van der Waals surface area contributed by atoms with Gasteiger partial charge in [0.2, 0.25) is 5.91 Å². The van der Waals surface area contributed by atoms with Gasteiger partial charge < -0.3 is 24.0 Å². The molecule has 0 saturated heterocycles. The molecule has 0 aliphatic heterocycles. The maximum absolute atomic E-state index is 12.0. The summed E-state index contributed by atoms with van der Waals surface area (Å²) in [6.45, 7) is 5.63. The van der Waals surface area contributed by atoms with Gasteiger partial charge in [0.05, 0.1) is 28.3 Å². The third-order valence-electron chi connectivity index (χ3n) is 4.44. The molecule has 0 saturated carbocycles. The van der Waals surface area contributed by atoms with Crippen LogP contribution in [-0.4, -0.2) is 58.0 Å². The van der Waals surface area contributed by atoms with E-state index in [0.29, 0.717) is 35.7 Å². The van der Waals surface area contributed by atoms with Crippen molar-refractivity contribution in [2.24, 2.45) is 5.92 Å². The Kier molecular flexibility index (Phi) is 11.7. The van der Waals surface area contributed by atoms with Crippen molar-refractivity contribution < 1.29 is 28.3 Å². The van der Waals surface area contributed by atoms with Crippen LogP contribution in [0.2, 0.25) is 0 Å². The standard InChI is InChI=1S/C24H38N2O5/c1-19(2)11-9-7-8-10-12-23(27)25-18-20-13-14-21(22(17-20)29-6)31-24(28)30-16-15-26(3,4)5/h9,11,13-14,17,19H,7-8,10,12,15-16,18H2,1-6H3/p+1. The third kappa shape index (κ3) is 12.7. The first-order valence-electron chi connectivity index (χ1n) is 10.9. The molecule has 1 aromatic rings. The van der Waals surface area contributed by atoms with Crippen LogP contribution in [0.25, 0.3) is 0 Å². The Balaban J connectivity index is 2.43. The van der Waals surface area contributed by atoms with Gasteiger partial charge in [-0.25, -0.2) is 4.79 Å². The number of nitrogens with one attached hydrogen (secondary N) is 1. The van der Waals surface area contributed by atoms with Crippen molar-refractivity contribution in [2.45, 2.75) is 46.1 Å². The fraction of sp³-hybridized carbons (Fsp3) is 0.583. The molecule has 0 aromatic heterocycles. The van der Waals surface area contributed by atoms with Gasteiger partial charge >= 0.3 is 6.16 Å². The molecule has 0 fully saturated rings. The van der Waals surface area contributed by atoms with E-state index in [1.807, 2.05) is 21.1 Å². The summed E-state index contributed by atoms with van der Waals surface area (Å²) in [4.78, 5) is 23.9. The molecular formula is C24H39N2O5+. The molecule has 1 amide bonds. The van der Waals surface area contributed by atoms with Crippen LogP contribution in [-0.2, 0) is 16.1 Å². The van der Waals surface area contributed by atoms with E-state index in [1.165, 1.54) is 7.11 Å². The smallest absolute Gasteiger partial charge is 0.493 e. The van der Waals surface area contributed by atoms with Crippen molar-refractivity contribution in [3.63, 3.8) is 0 Å². The number of hydrogen-bond donors (Lipinski definition) is 1. The summed E-state index contributed by atoms with van der Waals surface area (Å²) in [6.07, 6.45) is 6.97. The highest BCUT2D eigenvalue weighted by atomic mass is 16.7. The Morgan fingerprint density at radius 3 is 2.52 bits per heavy atom. The van der Waals surface area contributed by atoms with Crippen LogP contribution in [0.1, 0.15) is 45.1 Å². The van der Waals surface area contributed by atoms with Crippen molar-refractivity contribution in [1.29, 1.82) is 0 Å². The van der Waals surface area contributed by atoms with E-state index in [1.54, 1.807) is 18.2 Å². The summed E-state index contributed by atoms with van der Waals surface area (Å²) in [5, 5.41) is 2.91. The number of amides is 1. The molecule has 1 aromatic carbocycles. The van der Waals surface area contributed by atoms with Crippen LogP contribution in [0.3, 0.4) is 0 Å². The summed E-state index contributed by atoms with van der Waals surface area (Å²) in [7, 11) is 7.54. The average Bonchev–Trinajstić information content (AvgIpc) is 2.68. The van der Waals surface area contributed by atoms with Gasteiger partial charge in [-0.3, -0.25) is 4.79 Å². The maximum Gasteiger partial charge on any atom is 0.514 e. The molecule has 0 atom stereocenters. The Morgan fingerprint density at radius 1 is 1.13 bits per heavy atom. The highest BCUT2D eigenvalue weighted by molar-refractivity contribution is 5.75. The Bertz CT molecular complexity index is 723. The van der Waals surface area contributed by atoms with Gasteiger partial charge in [-0.05, 0) is 42.9 Å². The van der Waals surface area contributed by atoms with Crippen molar-refractivity contribution in [2.75, 3.05) is 41.4 Å². The number of nitrogens with zero attached hydrogens (tertiary/aromatic N) is 1. The molecule has 7 nitrogen and oxygen atoms in total. The van der Waals surface area contributed by atoms with Crippen LogP contribution in [0.4, 0.5) is 4.79 Å². The number of unbranched alkanes of at least 4 members (excludes halogenated alkanes) is 2. The lowest BCUT2D eigenvalue weighted by atomic mass is 10.1. The number of hydrogen-bond acceptors (Lipinski definition) is 5. The Labute approximate surface area is 186 Å². The van der Waals surface area contributed by atoms with E-state index in [9.17, 15) is 9.59 Å². The van der Waals surface area contributed by atoms with Crippen molar-refractivity contribution >= 4 is 12.1 Å². The first kappa shape index (κ1) is 26.5. The van der Waals surface area contributed by atoms with Gasteiger partial charge in [-0.15, -0.1) is 0 Å². The SMILES string of the molecule is COc1cc(CNC(=O)CCCCC=CC(C)C)ccc1OC(=O)OCC[N+](C)(C)C. The zero-order valence-electron chi connectivity index (χ0n) is 19.9. The Morgan fingerprint density at radius 2 is 1.87 bits per heavy atom. The lowest BCUT2D eigenvalue weighted by molar-refractivity contribution is -0.870. The monoisotopic (exact) mass is 435 g/mol. The minimum absolute atomic E-state index is 0.0213. The third-order valence-corrected chi connectivity index (χ3v) is 4.44. The number of carbonyl (C=O) groups excluding carboxylic acids is 2. The summed E-state index contributed by atoms with van der Waals surface area (Å²) in [6, 6.07) is 5.17. The molecule has 1 N–H and O–H groups in total. The zero-order chi connectivity index (χ0) is 23.3. The fourth-order valence-electron chi connectivity index (χ4n) is 2.63. The highest BCUT2D eigenvalue weighted by Crippen LogP contribution is 2.28. The lowest BCUT2D eigenvalue weighted by Gasteiger charge is -2.23. The average molecular weight is 436 g/mol. The molecule has 31 heavy (non-hydrogen) atoms. The van der Waals surface area contributed by atoms with Crippen molar-refractivity contribution in [3.8, 4) is 11.5 Å². The quantitative estimate of drug-likeness (QED) is 0.164. The molecule has 174 valence electrons. The summed E-state index contributed by atoms with van der Waals surface area (Å²) in [5.41, 5.74) is 0.857. The van der Waals surface area contributed by atoms with Gasteiger partial charge in [0.25, 0.3) is 0 Å².